The highest BCUT2D eigenvalue weighted by atomic mass is 16.5. The molecule has 1 aliphatic heterocycles. The summed E-state index contributed by atoms with van der Waals surface area (Å²) < 4.78 is 6.94. The number of hydrogen-bond acceptors (Lipinski definition) is 4. The summed E-state index contributed by atoms with van der Waals surface area (Å²) in [5.74, 6) is 2.33. The van der Waals surface area contributed by atoms with Gasteiger partial charge in [-0.2, -0.15) is 0 Å². The number of aliphatic imine (C=N–C) groups is 1. The second kappa shape index (κ2) is 10.0. The molecule has 2 heterocycles. The van der Waals surface area contributed by atoms with Gasteiger partial charge in [-0.3, -0.25) is 0 Å². The van der Waals surface area contributed by atoms with Crippen molar-refractivity contribution < 1.29 is 9.53 Å². The van der Waals surface area contributed by atoms with Crippen LogP contribution in [-0.2, 0) is 17.8 Å². The summed E-state index contributed by atoms with van der Waals surface area (Å²) in [5.41, 5.74) is 0. The number of methoxy groups -OCH3 is 1. The first kappa shape index (κ1) is 20.1. The van der Waals surface area contributed by atoms with E-state index >= 15 is 0 Å². The number of ether oxygens (including phenoxy) is 1. The minimum absolute atomic E-state index is 0.249. The van der Waals surface area contributed by atoms with Gasteiger partial charge in [0.1, 0.15) is 12.4 Å². The lowest BCUT2D eigenvalue weighted by atomic mass is 10.1. The van der Waals surface area contributed by atoms with Crippen LogP contribution in [0.15, 0.2) is 17.4 Å². The first-order valence-electron chi connectivity index (χ1n) is 9.41. The second-order valence-corrected chi connectivity index (χ2v) is 6.96. The molecule has 0 atom stereocenters. The van der Waals surface area contributed by atoms with Gasteiger partial charge < -0.3 is 24.8 Å². The summed E-state index contributed by atoms with van der Waals surface area (Å²) in [6.07, 6.45) is 5.34. The van der Waals surface area contributed by atoms with Crippen LogP contribution in [0.3, 0.4) is 0 Å². The van der Waals surface area contributed by atoms with Crippen molar-refractivity contribution in [3.8, 4) is 0 Å². The quantitative estimate of drug-likeness (QED) is 0.594. The maximum absolute atomic E-state index is 11.6. The van der Waals surface area contributed by atoms with Crippen LogP contribution in [0.25, 0.3) is 0 Å². The lowest BCUT2D eigenvalue weighted by Gasteiger charge is -2.32. The van der Waals surface area contributed by atoms with Crippen LogP contribution in [0.2, 0.25) is 0 Å². The number of nitrogens with one attached hydrogen (secondary N) is 2. The number of rotatable bonds is 6. The van der Waals surface area contributed by atoms with E-state index in [4.69, 9.17) is 9.73 Å². The topological polar surface area (TPSA) is 83.8 Å². The Kier molecular flexibility index (Phi) is 7.74. The number of guanidine groups is 1. The Morgan fingerprint density at radius 3 is 2.77 bits per heavy atom. The van der Waals surface area contributed by atoms with E-state index in [9.17, 15) is 4.79 Å². The van der Waals surface area contributed by atoms with E-state index in [2.05, 4.69) is 41.0 Å². The normalized spacial score (nSPS) is 16.0. The van der Waals surface area contributed by atoms with Crippen molar-refractivity contribution >= 4 is 12.1 Å². The van der Waals surface area contributed by atoms with Crippen molar-refractivity contribution in [2.24, 2.45) is 10.9 Å². The number of amides is 1. The van der Waals surface area contributed by atoms with Gasteiger partial charge in [-0.05, 0) is 25.7 Å². The predicted octanol–water partition coefficient (Wildman–Crippen LogP) is 1.83. The van der Waals surface area contributed by atoms with Crippen LogP contribution in [0.5, 0.6) is 0 Å². The molecule has 1 aromatic heterocycles. The van der Waals surface area contributed by atoms with Gasteiger partial charge >= 0.3 is 6.09 Å². The molecular formula is C18H32N6O2. The number of aromatic nitrogens is 2. The molecule has 0 aromatic carbocycles. The summed E-state index contributed by atoms with van der Waals surface area (Å²) in [6.45, 7) is 10.1. The fourth-order valence-electron chi connectivity index (χ4n) is 3.05. The summed E-state index contributed by atoms with van der Waals surface area (Å²) in [7, 11) is 1.42. The first-order chi connectivity index (χ1) is 12.5. The van der Waals surface area contributed by atoms with Gasteiger partial charge in [-0.25, -0.2) is 14.8 Å². The number of carbonyl (C=O) groups is 1. The molecule has 146 valence electrons. The van der Waals surface area contributed by atoms with Crippen molar-refractivity contribution in [3.05, 3.63) is 18.2 Å². The Balaban J connectivity index is 1.91. The van der Waals surface area contributed by atoms with E-state index in [0.29, 0.717) is 31.6 Å². The second-order valence-electron chi connectivity index (χ2n) is 6.96. The minimum atomic E-state index is -0.249. The van der Waals surface area contributed by atoms with Gasteiger partial charge in [0.15, 0.2) is 5.96 Å². The molecular weight excluding hydrogens is 332 g/mol. The van der Waals surface area contributed by atoms with Gasteiger partial charge in [0.05, 0.1) is 7.11 Å². The molecule has 0 unspecified atom stereocenters. The zero-order valence-electron chi connectivity index (χ0n) is 16.4. The van der Waals surface area contributed by atoms with Crippen LogP contribution >= 0.6 is 0 Å². The van der Waals surface area contributed by atoms with E-state index < -0.39 is 0 Å². The Morgan fingerprint density at radius 2 is 2.15 bits per heavy atom. The molecule has 1 fully saturated rings. The highest BCUT2D eigenvalue weighted by Crippen LogP contribution is 2.11. The Hall–Kier alpha value is -2.25. The zero-order chi connectivity index (χ0) is 18.9. The lowest BCUT2D eigenvalue weighted by molar-refractivity contribution is 0.111. The lowest BCUT2D eigenvalue weighted by Crippen LogP contribution is -2.49. The van der Waals surface area contributed by atoms with Crippen LogP contribution in [-0.4, -0.2) is 59.3 Å². The number of nitrogens with zero attached hydrogens (tertiary/aromatic N) is 4. The molecule has 0 radical (unpaired) electrons. The molecule has 26 heavy (non-hydrogen) atoms. The number of piperidine rings is 1. The van der Waals surface area contributed by atoms with Crippen LogP contribution in [0.4, 0.5) is 4.79 Å². The SMILES string of the molecule is CCNC(=NCc1nccn1CC(C)C)NC1CCN(C(=O)OC)CC1. The standard InChI is InChI=1S/C18H32N6O2/c1-5-19-17(21-12-16-20-8-11-24(16)13-14(2)3)22-15-6-9-23(10-7-15)18(25)26-4/h8,11,14-15H,5-7,9-10,12-13H2,1-4H3,(H2,19,21,22). The molecule has 2 rings (SSSR count). The number of likely N-dealkylation sites (tertiary alicyclic amines) is 1. The van der Waals surface area contributed by atoms with Crippen LogP contribution < -0.4 is 10.6 Å². The third-order valence-corrected chi connectivity index (χ3v) is 4.35. The third-order valence-electron chi connectivity index (χ3n) is 4.35. The Morgan fingerprint density at radius 1 is 1.42 bits per heavy atom. The third kappa shape index (κ3) is 5.93. The molecule has 1 amide bonds. The van der Waals surface area contributed by atoms with Gasteiger partial charge in [0.2, 0.25) is 0 Å². The minimum Gasteiger partial charge on any atom is -0.453 e. The summed E-state index contributed by atoms with van der Waals surface area (Å²) in [4.78, 5) is 22.4. The summed E-state index contributed by atoms with van der Waals surface area (Å²) in [5, 5.41) is 6.77. The fraction of sp³-hybridized carbons (Fsp3) is 0.722. The molecule has 0 spiro atoms. The first-order valence-corrected chi connectivity index (χ1v) is 9.41. The van der Waals surface area contributed by atoms with Gasteiger partial charge in [0.25, 0.3) is 0 Å². The molecule has 1 aromatic rings. The van der Waals surface area contributed by atoms with E-state index in [0.717, 1.165) is 37.7 Å². The smallest absolute Gasteiger partial charge is 0.409 e. The average Bonchev–Trinajstić information content (AvgIpc) is 3.06. The van der Waals surface area contributed by atoms with E-state index in [1.807, 2.05) is 12.4 Å². The highest BCUT2D eigenvalue weighted by molar-refractivity contribution is 5.80. The summed E-state index contributed by atoms with van der Waals surface area (Å²) in [6, 6.07) is 0.295. The van der Waals surface area contributed by atoms with Crippen LogP contribution in [0, 0.1) is 5.92 Å². The van der Waals surface area contributed by atoms with E-state index in [1.54, 1.807) is 4.90 Å². The average molecular weight is 364 g/mol. The van der Waals surface area contributed by atoms with Crippen LogP contribution in [0.1, 0.15) is 39.4 Å². The van der Waals surface area contributed by atoms with Gasteiger partial charge in [-0.1, -0.05) is 13.8 Å². The monoisotopic (exact) mass is 364 g/mol. The number of carbonyl (C=O) groups excluding carboxylic acids is 1. The van der Waals surface area contributed by atoms with Crippen molar-refractivity contribution in [2.75, 3.05) is 26.7 Å². The molecule has 8 heteroatoms. The molecule has 0 bridgehead atoms. The molecule has 8 nitrogen and oxygen atoms in total. The predicted molar refractivity (Wildman–Crippen MR) is 102 cm³/mol. The molecule has 1 aliphatic rings. The van der Waals surface area contributed by atoms with Gasteiger partial charge in [0, 0.05) is 44.6 Å². The van der Waals surface area contributed by atoms with E-state index in [1.165, 1.54) is 7.11 Å². The van der Waals surface area contributed by atoms with Gasteiger partial charge in [-0.15, -0.1) is 0 Å². The Bertz CT molecular complexity index is 590. The number of hydrogen-bond donors (Lipinski definition) is 2. The maximum atomic E-state index is 11.6. The Labute approximate surface area is 156 Å². The number of imidazole rings is 1. The molecule has 0 aliphatic carbocycles. The zero-order valence-corrected chi connectivity index (χ0v) is 16.4. The van der Waals surface area contributed by atoms with Crippen molar-refractivity contribution in [1.29, 1.82) is 0 Å². The van der Waals surface area contributed by atoms with E-state index in [-0.39, 0.29) is 6.09 Å². The van der Waals surface area contributed by atoms with Crippen molar-refractivity contribution in [2.45, 2.75) is 52.7 Å². The fourth-order valence-corrected chi connectivity index (χ4v) is 3.05. The van der Waals surface area contributed by atoms with Crippen molar-refractivity contribution in [1.82, 2.24) is 25.1 Å². The maximum Gasteiger partial charge on any atom is 0.409 e. The molecule has 2 N–H and O–H groups in total. The largest absolute Gasteiger partial charge is 0.453 e. The highest BCUT2D eigenvalue weighted by Gasteiger charge is 2.23. The molecule has 0 saturated carbocycles. The summed E-state index contributed by atoms with van der Waals surface area (Å²) >= 11 is 0. The van der Waals surface area contributed by atoms with Crippen molar-refractivity contribution in [3.63, 3.8) is 0 Å². The molecule has 1 saturated heterocycles.